The van der Waals surface area contributed by atoms with Crippen molar-refractivity contribution in [2.75, 3.05) is 67.5 Å². The van der Waals surface area contributed by atoms with Crippen LogP contribution in [0.25, 0.3) is 16.9 Å². The van der Waals surface area contributed by atoms with Crippen LogP contribution in [0.3, 0.4) is 0 Å². The summed E-state index contributed by atoms with van der Waals surface area (Å²) in [5, 5.41) is 6.20. The van der Waals surface area contributed by atoms with Gasteiger partial charge in [0.1, 0.15) is 11.4 Å². The molecule has 3 aromatic heterocycles. The van der Waals surface area contributed by atoms with Gasteiger partial charge in [-0.15, -0.1) is 6.58 Å². The second-order valence-corrected chi connectivity index (χ2v) is 18.5. The number of aromatic nitrogens is 5. The zero-order chi connectivity index (χ0) is 44.3. The standard InChI is InChI=1S/C49H56N12O4/c1-3-19-60-48(65)40-27-50-49(54-45(40)61(60)42-15-7-32-6-5-31(4-2)44(32)52-42)51-34-8-10-35(11-9-34)56-22-24-57(25-23-56)36-17-20-55(21-18-36)38-29-58(30-38)37-12-13-39-33(26-37)28-59(47(39)64)41-14-16-43(62)53-46(41)63/h3,7-13,15,26-27,31,36,38,41H,1,4-6,14,16-25,28-30H2,2H3,(H,50,51,54)(H,53,62,63). The molecule has 65 heavy (non-hydrogen) atoms. The number of hydrogen-bond acceptors (Lipinski definition) is 12. The topological polar surface area (TPSA) is 157 Å². The highest BCUT2D eigenvalue weighted by molar-refractivity contribution is 6.05. The lowest BCUT2D eigenvalue weighted by atomic mass is 9.97. The van der Waals surface area contributed by atoms with Crippen LogP contribution in [-0.4, -0.2) is 127 Å². The van der Waals surface area contributed by atoms with Crippen LogP contribution >= 0.6 is 0 Å². The molecule has 3 amide bonds. The number of anilines is 4. The molecule has 2 atom stereocenters. The number of rotatable bonds is 11. The molecular formula is C49H56N12O4. The van der Waals surface area contributed by atoms with Gasteiger partial charge >= 0.3 is 0 Å². The Labute approximate surface area is 377 Å². The summed E-state index contributed by atoms with van der Waals surface area (Å²) in [5.41, 5.74) is 7.55. The number of carbonyl (C=O) groups is 3. The first-order chi connectivity index (χ1) is 31.7. The summed E-state index contributed by atoms with van der Waals surface area (Å²) in [6.07, 6.45) is 9.49. The van der Waals surface area contributed by atoms with E-state index in [-0.39, 0.29) is 29.7 Å². The summed E-state index contributed by atoms with van der Waals surface area (Å²) >= 11 is 0. The molecule has 0 bridgehead atoms. The van der Waals surface area contributed by atoms with Gasteiger partial charge in [-0.3, -0.25) is 34.3 Å². The average molecular weight is 877 g/mol. The highest BCUT2D eigenvalue weighted by atomic mass is 16.2. The van der Waals surface area contributed by atoms with E-state index in [9.17, 15) is 19.2 Å². The van der Waals surface area contributed by atoms with Gasteiger partial charge in [0, 0.05) is 118 Å². The Bertz CT molecular complexity index is 2740. The van der Waals surface area contributed by atoms with E-state index in [1.165, 1.54) is 24.1 Å². The number of allylic oxidation sites excluding steroid dienone is 1. The number of carbonyl (C=O) groups excluding carboxylic acids is 3. The van der Waals surface area contributed by atoms with Crippen molar-refractivity contribution in [2.24, 2.45) is 0 Å². The van der Waals surface area contributed by atoms with Crippen LogP contribution in [0.15, 0.2) is 78.2 Å². The lowest BCUT2D eigenvalue weighted by Crippen LogP contribution is -2.62. The molecule has 16 heteroatoms. The second kappa shape index (κ2) is 16.9. The first kappa shape index (κ1) is 41.3. The number of fused-ring (bicyclic) bond motifs is 3. The number of pyridine rings is 1. The lowest BCUT2D eigenvalue weighted by molar-refractivity contribution is -0.136. The zero-order valence-electron chi connectivity index (χ0n) is 37.0. The molecule has 11 rings (SSSR count). The predicted molar refractivity (Wildman–Crippen MR) is 249 cm³/mol. The number of amides is 3. The van der Waals surface area contributed by atoms with Crippen molar-refractivity contribution < 1.29 is 14.4 Å². The smallest absolute Gasteiger partial charge is 0.278 e. The van der Waals surface area contributed by atoms with Crippen LogP contribution in [0.2, 0.25) is 0 Å². The average Bonchev–Trinajstić information content (AvgIpc) is 3.96. The number of nitrogens with zero attached hydrogens (tertiary/aromatic N) is 10. The van der Waals surface area contributed by atoms with Crippen LogP contribution < -0.4 is 26.0 Å². The number of piperazine rings is 1. The Kier molecular flexibility index (Phi) is 10.7. The van der Waals surface area contributed by atoms with Crippen molar-refractivity contribution in [3.05, 3.63) is 106 Å². The normalized spacial score (nSPS) is 22.0. The number of benzene rings is 2. The van der Waals surface area contributed by atoms with Crippen molar-refractivity contribution in [3.63, 3.8) is 0 Å². The summed E-state index contributed by atoms with van der Waals surface area (Å²) in [7, 11) is 0. The monoisotopic (exact) mass is 876 g/mol. The van der Waals surface area contributed by atoms with Crippen molar-refractivity contribution in [2.45, 2.75) is 89.0 Å². The maximum Gasteiger partial charge on any atom is 0.278 e. The molecule has 4 fully saturated rings. The van der Waals surface area contributed by atoms with E-state index >= 15 is 0 Å². The molecule has 2 unspecified atom stereocenters. The zero-order valence-corrected chi connectivity index (χ0v) is 37.0. The van der Waals surface area contributed by atoms with E-state index in [1.807, 2.05) is 22.9 Å². The van der Waals surface area contributed by atoms with E-state index in [2.05, 4.69) is 85.1 Å². The second-order valence-electron chi connectivity index (χ2n) is 18.5. The van der Waals surface area contributed by atoms with Crippen LogP contribution in [-0.2, 0) is 29.1 Å². The molecule has 6 aliphatic rings. The van der Waals surface area contributed by atoms with E-state index in [0.29, 0.717) is 65.9 Å². The molecule has 5 aliphatic heterocycles. The highest BCUT2D eigenvalue weighted by Gasteiger charge is 2.41. The van der Waals surface area contributed by atoms with Gasteiger partial charge in [0.15, 0.2) is 11.5 Å². The van der Waals surface area contributed by atoms with Gasteiger partial charge < -0.3 is 20.0 Å². The fraction of sp³-hybridized carbons (Fsp3) is 0.449. The first-order valence-electron chi connectivity index (χ1n) is 23.4. The molecule has 2 N–H and O–H groups in total. The van der Waals surface area contributed by atoms with Crippen LogP contribution in [0, 0.1) is 0 Å². The van der Waals surface area contributed by atoms with Gasteiger partial charge in [-0.1, -0.05) is 19.1 Å². The Morgan fingerprint density at radius 3 is 2.32 bits per heavy atom. The van der Waals surface area contributed by atoms with Crippen LogP contribution in [0.1, 0.15) is 78.5 Å². The van der Waals surface area contributed by atoms with Gasteiger partial charge in [-0.05, 0) is 98.2 Å². The maximum absolute atomic E-state index is 13.6. The summed E-state index contributed by atoms with van der Waals surface area (Å²) in [6, 6.07) is 19.2. The number of likely N-dealkylation sites (tertiary alicyclic amines) is 1. The minimum Gasteiger partial charge on any atom is -0.369 e. The number of hydrogen-bond donors (Lipinski definition) is 2. The Morgan fingerprint density at radius 2 is 1.57 bits per heavy atom. The molecule has 5 aromatic rings. The Balaban J connectivity index is 0.664. The molecular weight excluding hydrogens is 821 g/mol. The number of piperidine rings is 2. The molecule has 0 saturated carbocycles. The van der Waals surface area contributed by atoms with Gasteiger partial charge in [0.25, 0.3) is 11.5 Å². The Morgan fingerprint density at radius 1 is 0.800 bits per heavy atom. The van der Waals surface area contributed by atoms with E-state index in [1.54, 1.807) is 21.9 Å². The molecule has 336 valence electrons. The highest BCUT2D eigenvalue weighted by Crippen LogP contribution is 2.36. The lowest BCUT2D eigenvalue weighted by Gasteiger charge is -2.50. The van der Waals surface area contributed by atoms with E-state index in [4.69, 9.17) is 9.97 Å². The molecule has 16 nitrogen and oxygen atoms in total. The largest absolute Gasteiger partial charge is 0.369 e. The summed E-state index contributed by atoms with van der Waals surface area (Å²) in [5.74, 6) is 0.737. The van der Waals surface area contributed by atoms with Gasteiger partial charge in [-0.2, -0.15) is 4.98 Å². The fourth-order valence-electron chi connectivity index (χ4n) is 11.1. The number of aryl methyl sites for hydroxylation is 1. The molecule has 2 aromatic carbocycles. The minimum absolute atomic E-state index is 0.128. The summed E-state index contributed by atoms with van der Waals surface area (Å²) in [4.78, 5) is 77.2. The fourth-order valence-corrected chi connectivity index (χ4v) is 11.1. The van der Waals surface area contributed by atoms with Crippen molar-refractivity contribution in [3.8, 4) is 5.82 Å². The number of nitrogens with one attached hydrogen (secondary N) is 2. The SMILES string of the molecule is C=CCn1c(=O)c2cnc(Nc3ccc(N4CCN(C5CCN(C6CN(c7ccc8c(c7)CN(C7CCC(=O)NC7=O)C8=O)C6)CC5)CC4)cc3)nc2n1-c1ccc2c(n1)C(CC)CC2. The van der Waals surface area contributed by atoms with Crippen molar-refractivity contribution >= 4 is 51.8 Å². The van der Waals surface area contributed by atoms with Crippen molar-refractivity contribution in [1.29, 1.82) is 0 Å². The number of imide groups is 1. The van der Waals surface area contributed by atoms with Crippen LogP contribution in [0.4, 0.5) is 23.0 Å². The third kappa shape index (κ3) is 7.55. The molecule has 1 aliphatic carbocycles. The Hall–Kier alpha value is -6.39. The van der Waals surface area contributed by atoms with E-state index in [0.717, 1.165) is 94.3 Å². The van der Waals surface area contributed by atoms with Gasteiger partial charge in [0.2, 0.25) is 17.8 Å². The molecule has 0 radical (unpaired) electrons. The first-order valence-corrected chi connectivity index (χ1v) is 23.4. The quantitative estimate of drug-likeness (QED) is 0.141. The molecule has 0 spiro atoms. The van der Waals surface area contributed by atoms with Crippen molar-refractivity contribution in [1.82, 2.24) is 44.3 Å². The predicted octanol–water partition coefficient (Wildman–Crippen LogP) is 4.58. The minimum atomic E-state index is -0.593. The summed E-state index contributed by atoms with van der Waals surface area (Å²) in [6.45, 7) is 15.1. The van der Waals surface area contributed by atoms with E-state index < -0.39 is 6.04 Å². The van der Waals surface area contributed by atoms with Crippen LogP contribution in [0.5, 0.6) is 0 Å². The maximum atomic E-state index is 13.6. The molecule has 4 saturated heterocycles. The summed E-state index contributed by atoms with van der Waals surface area (Å²) < 4.78 is 3.45. The third-order valence-corrected chi connectivity index (χ3v) is 14.9. The molecule has 8 heterocycles. The van der Waals surface area contributed by atoms with Gasteiger partial charge in [0.05, 0.1) is 6.54 Å². The third-order valence-electron chi connectivity index (χ3n) is 14.9. The van der Waals surface area contributed by atoms with Gasteiger partial charge in [-0.25, -0.2) is 19.3 Å².